The van der Waals surface area contributed by atoms with Gasteiger partial charge in [0.05, 0.1) is 5.56 Å². The van der Waals surface area contributed by atoms with E-state index in [1.807, 2.05) is 6.20 Å². The number of carbonyl (C=O) groups excluding carboxylic acids is 2. The van der Waals surface area contributed by atoms with Gasteiger partial charge in [-0.2, -0.15) is 0 Å². The number of imidazole rings is 1. The zero-order chi connectivity index (χ0) is 15.5. The number of pyridine rings is 1. The molecule has 0 spiro atoms. The van der Waals surface area contributed by atoms with Crippen LogP contribution in [0.3, 0.4) is 0 Å². The molecule has 6 heteroatoms. The topological polar surface area (TPSA) is 75.5 Å². The van der Waals surface area contributed by atoms with Crippen LogP contribution >= 0.6 is 0 Å². The number of benzene rings is 1. The van der Waals surface area contributed by atoms with Crippen molar-refractivity contribution in [3.8, 4) is 0 Å². The number of nitrogens with one attached hydrogen (secondary N) is 2. The maximum absolute atomic E-state index is 12.4. The lowest BCUT2D eigenvalue weighted by Gasteiger charge is -2.08. The van der Waals surface area contributed by atoms with E-state index in [-0.39, 0.29) is 11.8 Å². The van der Waals surface area contributed by atoms with Crippen LogP contribution in [0.25, 0.3) is 5.65 Å². The molecule has 2 N–H and O–H groups in total. The molecule has 2 amide bonds. The highest BCUT2D eigenvalue weighted by molar-refractivity contribution is 6.08. The second-order valence-electron chi connectivity index (χ2n) is 4.80. The van der Waals surface area contributed by atoms with Crippen molar-refractivity contribution in [1.29, 1.82) is 0 Å². The molecule has 0 radical (unpaired) electrons. The molecule has 110 valence electrons. The number of hydrogen-bond acceptors (Lipinski definition) is 3. The van der Waals surface area contributed by atoms with Gasteiger partial charge in [0, 0.05) is 36.9 Å². The zero-order valence-corrected chi connectivity index (χ0v) is 11.9. The summed E-state index contributed by atoms with van der Waals surface area (Å²) in [6.45, 7) is 1.43. The van der Waals surface area contributed by atoms with Gasteiger partial charge in [-0.15, -0.1) is 0 Å². The smallest absolute Gasteiger partial charge is 0.259 e. The van der Waals surface area contributed by atoms with E-state index in [0.717, 1.165) is 0 Å². The molecule has 2 aromatic heterocycles. The lowest BCUT2D eigenvalue weighted by atomic mass is 10.2. The van der Waals surface area contributed by atoms with Crippen LogP contribution in [-0.4, -0.2) is 21.2 Å². The third kappa shape index (κ3) is 2.80. The van der Waals surface area contributed by atoms with Crippen molar-refractivity contribution in [3.63, 3.8) is 0 Å². The molecule has 6 nitrogen and oxygen atoms in total. The minimum absolute atomic E-state index is 0.161. The van der Waals surface area contributed by atoms with Gasteiger partial charge in [-0.1, -0.05) is 6.07 Å². The quantitative estimate of drug-likeness (QED) is 0.779. The summed E-state index contributed by atoms with van der Waals surface area (Å²) in [6, 6.07) is 10.5. The van der Waals surface area contributed by atoms with Crippen LogP contribution in [0.4, 0.5) is 11.4 Å². The highest BCUT2D eigenvalue weighted by Gasteiger charge is 2.11. The van der Waals surface area contributed by atoms with Gasteiger partial charge in [0.2, 0.25) is 5.91 Å². The summed E-state index contributed by atoms with van der Waals surface area (Å²) in [4.78, 5) is 27.7. The SMILES string of the molecule is CC(=O)Nc1cccc(NC(=O)c2cccn3ccnc23)c1. The number of anilines is 2. The Hall–Kier alpha value is -3.15. The number of rotatable bonds is 3. The molecule has 3 rings (SSSR count). The van der Waals surface area contributed by atoms with Gasteiger partial charge in [0.25, 0.3) is 5.91 Å². The van der Waals surface area contributed by atoms with Crippen molar-refractivity contribution >= 4 is 28.8 Å². The van der Waals surface area contributed by atoms with Crippen LogP contribution in [0.5, 0.6) is 0 Å². The zero-order valence-electron chi connectivity index (χ0n) is 11.9. The second kappa shape index (κ2) is 5.69. The maximum Gasteiger partial charge on any atom is 0.259 e. The van der Waals surface area contributed by atoms with Gasteiger partial charge in [0.1, 0.15) is 5.65 Å². The Kier molecular flexibility index (Phi) is 3.57. The van der Waals surface area contributed by atoms with Gasteiger partial charge in [-0.3, -0.25) is 9.59 Å². The molecule has 0 saturated carbocycles. The van der Waals surface area contributed by atoms with E-state index < -0.39 is 0 Å². The van der Waals surface area contributed by atoms with Gasteiger partial charge < -0.3 is 15.0 Å². The molecule has 22 heavy (non-hydrogen) atoms. The van der Waals surface area contributed by atoms with Crippen LogP contribution in [0.2, 0.25) is 0 Å². The lowest BCUT2D eigenvalue weighted by molar-refractivity contribution is -0.114. The van der Waals surface area contributed by atoms with E-state index in [9.17, 15) is 9.59 Å². The molecule has 0 unspecified atom stereocenters. The number of carbonyl (C=O) groups is 2. The fourth-order valence-electron chi connectivity index (χ4n) is 2.20. The van der Waals surface area contributed by atoms with Crippen molar-refractivity contribution in [1.82, 2.24) is 9.38 Å². The van der Waals surface area contributed by atoms with Crippen molar-refractivity contribution in [2.75, 3.05) is 10.6 Å². The summed E-state index contributed by atoms with van der Waals surface area (Å²) in [5, 5.41) is 5.49. The molecule has 0 bridgehead atoms. The molecule has 0 atom stereocenters. The number of aromatic nitrogens is 2. The summed E-state index contributed by atoms with van der Waals surface area (Å²) in [7, 11) is 0. The predicted octanol–water partition coefficient (Wildman–Crippen LogP) is 2.54. The van der Waals surface area contributed by atoms with Gasteiger partial charge >= 0.3 is 0 Å². The van der Waals surface area contributed by atoms with Crippen LogP contribution in [0.15, 0.2) is 55.0 Å². The Morgan fingerprint density at radius 3 is 2.59 bits per heavy atom. The van der Waals surface area contributed by atoms with Crippen molar-refractivity contribution in [3.05, 3.63) is 60.6 Å². The molecule has 0 saturated heterocycles. The molecule has 0 aliphatic carbocycles. The number of amides is 2. The third-order valence-electron chi connectivity index (χ3n) is 3.10. The molecule has 2 heterocycles. The first kappa shape index (κ1) is 13.8. The number of nitrogens with zero attached hydrogens (tertiary/aromatic N) is 2. The van der Waals surface area contributed by atoms with Gasteiger partial charge in [-0.25, -0.2) is 4.98 Å². The third-order valence-corrected chi connectivity index (χ3v) is 3.10. The maximum atomic E-state index is 12.4. The summed E-state index contributed by atoms with van der Waals surface area (Å²) in [5.41, 5.74) is 2.31. The van der Waals surface area contributed by atoms with Crippen molar-refractivity contribution < 1.29 is 9.59 Å². The molecule has 0 aliphatic rings. The Labute approximate surface area is 126 Å². The largest absolute Gasteiger partial charge is 0.326 e. The summed E-state index contributed by atoms with van der Waals surface area (Å²) in [5.74, 6) is -0.414. The molecular formula is C16H14N4O2. The van der Waals surface area contributed by atoms with Crippen molar-refractivity contribution in [2.45, 2.75) is 6.92 Å². The van der Waals surface area contributed by atoms with Gasteiger partial charge in [0.15, 0.2) is 0 Å². The van der Waals surface area contributed by atoms with E-state index in [0.29, 0.717) is 22.6 Å². The normalized spacial score (nSPS) is 10.4. The number of fused-ring (bicyclic) bond motifs is 1. The summed E-state index contributed by atoms with van der Waals surface area (Å²) < 4.78 is 1.78. The van der Waals surface area contributed by atoms with E-state index in [1.165, 1.54) is 6.92 Å². The monoisotopic (exact) mass is 294 g/mol. The fourth-order valence-corrected chi connectivity index (χ4v) is 2.20. The van der Waals surface area contributed by atoms with E-state index >= 15 is 0 Å². The summed E-state index contributed by atoms with van der Waals surface area (Å²) in [6.07, 6.45) is 5.25. The summed E-state index contributed by atoms with van der Waals surface area (Å²) >= 11 is 0. The minimum atomic E-state index is -0.253. The Balaban J connectivity index is 1.85. The first-order chi connectivity index (χ1) is 10.6. The molecule has 0 aliphatic heterocycles. The molecule has 0 fully saturated rings. The van der Waals surface area contributed by atoms with E-state index in [4.69, 9.17) is 0 Å². The average molecular weight is 294 g/mol. The van der Waals surface area contributed by atoms with Crippen LogP contribution < -0.4 is 10.6 Å². The number of hydrogen-bond donors (Lipinski definition) is 2. The van der Waals surface area contributed by atoms with Crippen LogP contribution in [0.1, 0.15) is 17.3 Å². The fraction of sp³-hybridized carbons (Fsp3) is 0.0625. The Bertz CT molecular complexity index is 854. The lowest BCUT2D eigenvalue weighted by Crippen LogP contribution is -2.14. The van der Waals surface area contributed by atoms with E-state index in [1.54, 1.807) is 53.2 Å². The first-order valence-electron chi connectivity index (χ1n) is 6.74. The molecular weight excluding hydrogens is 280 g/mol. The molecule has 3 aromatic rings. The van der Waals surface area contributed by atoms with Crippen LogP contribution in [0, 0.1) is 0 Å². The van der Waals surface area contributed by atoms with E-state index in [2.05, 4.69) is 15.6 Å². The van der Waals surface area contributed by atoms with Crippen molar-refractivity contribution in [2.24, 2.45) is 0 Å². The second-order valence-corrected chi connectivity index (χ2v) is 4.80. The average Bonchev–Trinajstić information content (AvgIpc) is 2.95. The highest BCUT2D eigenvalue weighted by Crippen LogP contribution is 2.17. The predicted molar refractivity (Wildman–Crippen MR) is 83.9 cm³/mol. The minimum Gasteiger partial charge on any atom is -0.326 e. The van der Waals surface area contributed by atoms with Crippen LogP contribution in [-0.2, 0) is 4.79 Å². The van der Waals surface area contributed by atoms with Gasteiger partial charge in [-0.05, 0) is 30.3 Å². The highest BCUT2D eigenvalue weighted by atomic mass is 16.2. The standard InChI is InChI=1S/C16H14N4O2/c1-11(21)18-12-4-2-5-13(10-12)19-16(22)14-6-3-8-20-9-7-17-15(14)20/h2-10H,1H3,(H,18,21)(H,19,22). The molecule has 1 aromatic carbocycles. The first-order valence-corrected chi connectivity index (χ1v) is 6.74. The Morgan fingerprint density at radius 1 is 1.05 bits per heavy atom. The Morgan fingerprint density at radius 2 is 1.82 bits per heavy atom.